The SMILES string of the molecule is Cc1nc([C@H](C)Nc2nncc(-c3cccc(Cl)c3)n2)c(C)s1. The monoisotopic (exact) mass is 345 g/mol. The zero-order chi connectivity index (χ0) is 16.4. The van der Waals surface area contributed by atoms with Gasteiger partial charge in [-0.25, -0.2) is 9.97 Å². The van der Waals surface area contributed by atoms with Crippen LogP contribution in [0.2, 0.25) is 5.02 Å². The fourth-order valence-corrected chi connectivity index (χ4v) is 3.46. The van der Waals surface area contributed by atoms with Crippen LogP contribution in [0.25, 0.3) is 11.3 Å². The van der Waals surface area contributed by atoms with E-state index in [1.54, 1.807) is 17.5 Å². The van der Waals surface area contributed by atoms with Crippen molar-refractivity contribution in [2.24, 2.45) is 0 Å². The lowest BCUT2D eigenvalue weighted by Crippen LogP contribution is -2.11. The van der Waals surface area contributed by atoms with Gasteiger partial charge in [0.05, 0.1) is 28.6 Å². The minimum Gasteiger partial charge on any atom is -0.345 e. The molecule has 0 saturated carbocycles. The Bertz CT molecular complexity index is 833. The van der Waals surface area contributed by atoms with Crippen LogP contribution in [-0.2, 0) is 0 Å². The van der Waals surface area contributed by atoms with Gasteiger partial charge in [-0.3, -0.25) is 0 Å². The topological polar surface area (TPSA) is 63.6 Å². The van der Waals surface area contributed by atoms with Crippen molar-refractivity contribution < 1.29 is 0 Å². The lowest BCUT2D eigenvalue weighted by molar-refractivity contribution is 0.807. The number of aromatic nitrogens is 4. The highest BCUT2D eigenvalue weighted by Gasteiger charge is 2.14. The molecule has 1 aromatic carbocycles. The first kappa shape index (κ1) is 15.8. The molecule has 0 aliphatic heterocycles. The molecule has 0 bridgehead atoms. The van der Waals surface area contributed by atoms with E-state index >= 15 is 0 Å². The maximum absolute atomic E-state index is 6.03. The molecule has 0 saturated heterocycles. The average Bonchev–Trinajstić information content (AvgIpc) is 2.86. The zero-order valence-corrected chi connectivity index (χ0v) is 14.6. The molecule has 2 aromatic heterocycles. The molecule has 1 N–H and O–H groups in total. The Labute approximate surface area is 143 Å². The lowest BCUT2D eigenvalue weighted by Gasteiger charge is -2.12. The maximum atomic E-state index is 6.03. The van der Waals surface area contributed by atoms with Gasteiger partial charge in [0.1, 0.15) is 0 Å². The van der Waals surface area contributed by atoms with Crippen LogP contribution < -0.4 is 5.32 Å². The van der Waals surface area contributed by atoms with E-state index in [0.29, 0.717) is 11.0 Å². The summed E-state index contributed by atoms with van der Waals surface area (Å²) in [6, 6.07) is 7.52. The smallest absolute Gasteiger partial charge is 0.243 e. The van der Waals surface area contributed by atoms with Crippen molar-refractivity contribution in [3.05, 3.63) is 51.1 Å². The van der Waals surface area contributed by atoms with Gasteiger partial charge >= 0.3 is 0 Å². The van der Waals surface area contributed by atoms with E-state index in [0.717, 1.165) is 22.0 Å². The molecule has 7 heteroatoms. The fourth-order valence-electron chi connectivity index (χ4n) is 2.36. The molecule has 1 atom stereocenters. The second-order valence-corrected chi connectivity index (χ2v) is 7.06. The first-order valence-corrected chi connectivity index (χ1v) is 8.38. The van der Waals surface area contributed by atoms with Crippen molar-refractivity contribution in [1.29, 1.82) is 0 Å². The number of nitrogens with one attached hydrogen (secondary N) is 1. The number of thiazole rings is 1. The normalized spacial score (nSPS) is 12.2. The number of nitrogens with zero attached hydrogens (tertiary/aromatic N) is 4. The third-order valence-corrected chi connectivity index (χ3v) is 4.51. The quantitative estimate of drug-likeness (QED) is 0.757. The minimum atomic E-state index is 0.0105. The van der Waals surface area contributed by atoms with Gasteiger partial charge in [-0.2, -0.15) is 5.10 Å². The van der Waals surface area contributed by atoms with Crippen molar-refractivity contribution in [2.75, 3.05) is 5.32 Å². The van der Waals surface area contributed by atoms with Gasteiger partial charge in [-0.1, -0.05) is 23.7 Å². The Morgan fingerprint density at radius 2 is 2.04 bits per heavy atom. The van der Waals surface area contributed by atoms with Crippen LogP contribution in [0.1, 0.15) is 28.5 Å². The largest absolute Gasteiger partial charge is 0.345 e. The molecular weight excluding hydrogens is 330 g/mol. The van der Waals surface area contributed by atoms with Crippen molar-refractivity contribution in [3.8, 4) is 11.3 Å². The average molecular weight is 346 g/mol. The van der Waals surface area contributed by atoms with Crippen LogP contribution in [0.5, 0.6) is 0 Å². The molecule has 3 rings (SSSR count). The summed E-state index contributed by atoms with van der Waals surface area (Å²) in [6.45, 7) is 6.11. The van der Waals surface area contributed by atoms with Crippen LogP contribution >= 0.6 is 22.9 Å². The molecule has 23 heavy (non-hydrogen) atoms. The molecule has 118 valence electrons. The Balaban J connectivity index is 1.84. The molecule has 0 aliphatic rings. The maximum Gasteiger partial charge on any atom is 0.243 e. The highest BCUT2D eigenvalue weighted by molar-refractivity contribution is 7.11. The first-order valence-electron chi connectivity index (χ1n) is 7.19. The summed E-state index contributed by atoms with van der Waals surface area (Å²) in [7, 11) is 0. The van der Waals surface area contributed by atoms with Gasteiger partial charge in [0.25, 0.3) is 0 Å². The van der Waals surface area contributed by atoms with E-state index < -0.39 is 0 Å². The highest BCUT2D eigenvalue weighted by atomic mass is 35.5. The molecule has 0 spiro atoms. The van der Waals surface area contributed by atoms with Crippen molar-refractivity contribution in [2.45, 2.75) is 26.8 Å². The summed E-state index contributed by atoms with van der Waals surface area (Å²) in [4.78, 5) is 10.3. The summed E-state index contributed by atoms with van der Waals surface area (Å²) in [5.74, 6) is 0.472. The Kier molecular flexibility index (Phi) is 4.54. The van der Waals surface area contributed by atoms with Crippen LogP contribution in [0.4, 0.5) is 5.95 Å². The standard InChI is InChI=1S/C16H16ClN5S/c1-9(15-10(2)23-11(3)20-15)19-16-21-14(8-18-22-16)12-5-4-6-13(17)7-12/h4-9H,1-3H3,(H,19,21,22)/t9-/m0/s1. The fraction of sp³-hybridized carbons (Fsp3) is 0.250. The van der Waals surface area contributed by atoms with Crippen LogP contribution in [-0.4, -0.2) is 20.2 Å². The molecular formula is C16H16ClN5S. The van der Waals surface area contributed by atoms with Gasteiger partial charge < -0.3 is 5.32 Å². The molecule has 0 fully saturated rings. The predicted molar refractivity (Wildman–Crippen MR) is 93.9 cm³/mol. The number of aryl methyl sites for hydroxylation is 2. The summed E-state index contributed by atoms with van der Waals surface area (Å²) in [5, 5.41) is 13.1. The Hall–Kier alpha value is -2.05. The van der Waals surface area contributed by atoms with Crippen molar-refractivity contribution in [1.82, 2.24) is 20.2 Å². The highest BCUT2D eigenvalue weighted by Crippen LogP contribution is 2.25. The van der Waals surface area contributed by atoms with E-state index in [1.165, 1.54) is 4.88 Å². The van der Waals surface area contributed by atoms with E-state index in [1.807, 2.05) is 38.1 Å². The number of rotatable bonds is 4. The van der Waals surface area contributed by atoms with Gasteiger partial charge in [-0.15, -0.1) is 16.4 Å². The summed E-state index contributed by atoms with van der Waals surface area (Å²) in [5.41, 5.74) is 2.65. The van der Waals surface area contributed by atoms with Crippen LogP contribution in [0.15, 0.2) is 30.5 Å². The third kappa shape index (κ3) is 3.65. The molecule has 0 radical (unpaired) electrons. The zero-order valence-electron chi connectivity index (χ0n) is 13.0. The van der Waals surface area contributed by atoms with Crippen LogP contribution in [0, 0.1) is 13.8 Å². The molecule has 0 amide bonds. The first-order chi connectivity index (χ1) is 11.0. The van der Waals surface area contributed by atoms with Crippen molar-refractivity contribution >= 4 is 28.9 Å². The molecule has 2 heterocycles. The second kappa shape index (κ2) is 6.60. The lowest BCUT2D eigenvalue weighted by atomic mass is 10.2. The molecule has 0 unspecified atom stereocenters. The van der Waals surface area contributed by atoms with Crippen molar-refractivity contribution in [3.63, 3.8) is 0 Å². The Morgan fingerprint density at radius 3 is 2.74 bits per heavy atom. The molecule has 3 aromatic rings. The minimum absolute atomic E-state index is 0.0105. The number of hydrogen-bond acceptors (Lipinski definition) is 6. The van der Waals surface area contributed by atoms with E-state index in [9.17, 15) is 0 Å². The third-order valence-electron chi connectivity index (χ3n) is 3.37. The summed E-state index contributed by atoms with van der Waals surface area (Å²) < 4.78 is 0. The van der Waals surface area contributed by atoms with Gasteiger partial charge in [0, 0.05) is 15.5 Å². The van der Waals surface area contributed by atoms with E-state index in [2.05, 4.69) is 32.4 Å². The van der Waals surface area contributed by atoms with Gasteiger partial charge in [0.15, 0.2) is 0 Å². The predicted octanol–water partition coefficient (Wildman–Crippen LogP) is 4.44. The van der Waals surface area contributed by atoms with Crippen LogP contribution in [0.3, 0.4) is 0 Å². The van der Waals surface area contributed by atoms with E-state index in [-0.39, 0.29) is 6.04 Å². The number of halogens is 1. The molecule has 0 aliphatic carbocycles. The number of hydrogen-bond donors (Lipinski definition) is 1. The number of anilines is 1. The van der Waals surface area contributed by atoms with E-state index in [4.69, 9.17) is 11.6 Å². The molecule has 5 nitrogen and oxygen atoms in total. The number of benzene rings is 1. The summed E-state index contributed by atoms with van der Waals surface area (Å²) >= 11 is 7.72. The second-order valence-electron chi connectivity index (χ2n) is 5.22. The summed E-state index contributed by atoms with van der Waals surface area (Å²) in [6.07, 6.45) is 1.62. The Morgan fingerprint density at radius 1 is 1.22 bits per heavy atom. The van der Waals surface area contributed by atoms with Gasteiger partial charge in [0.2, 0.25) is 5.95 Å². The van der Waals surface area contributed by atoms with Gasteiger partial charge in [-0.05, 0) is 32.9 Å².